The van der Waals surface area contributed by atoms with Crippen LogP contribution in [0.25, 0.3) is 11.0 Å². The molecule has 3 rings (SSSR count). The Balaban J connectivity index is 2.00. The third-order valence-corrected chi connectivity index (χ3v) is 5.50. The topological polar surface area (TPSA) is 17.8 Å². The largest absolute Gasteiger partial charge is 0.328 e. The monoisotopic (exact) mass is 346 g/mol. The molecular weight excluding hydrogens is 330 g/mol. The Labute approximate surface area is 138 Å². The summed E-state index contributed by atoms with van der Waals surface area (Å²) in [4.78, 5) is 4.54. The van der Waals surface area contributed by atoms with E-state index in [0.29, 0.717) is 23.7 Å². The van der Waals surface area contributed by atoms with Gasteiger partial charge in [0.1, 0.15) is 11.6 Å². The zero-order chi connectivity index (χ0) is 14.8. The maximum atomic E-state index is 13.6. The molecule has 2 heterocycles. The quantitative estimate of drug-likeness (QED) is 0.743. The van der Waals surface area contributed by atoms with Crippen molar-refractivity contribution < 1.29 is 4.39 Å². The maximum Gasteiger partial charge on any atom is 0.144 e. The molecule has 2 nitrogen and oxygen atoms in total. The molecule has 6 heteroatoms. The third-order valence-electron chi connectivity index (χ3n) is 3.97. The summed E-state index contributed by atoms with van der Waals surface area (Å²) in [6, 6.07) is 3.11. The molecule has 1 aliphatic heterocycles. The standard InChI is InChI=1S/C15H17Cl2FN2S/c16-4-1-15-19-13-8-12(18)11(17)7-14(13)20(15)9-10-2-5-21-6-3-10/h7-8,10H,1-6,9H2. The van der Waals surface area contributed by atoms with Gasteiger partial charge in [0.2, 0.25) is 0 Å². The van der Waals surface area contributed by atoms with Crippen molar-refractivity contribution in [2.75, 3.05) is 17.4 Å². The number of halogens is 3. The molecule has 0 amide bonds. The minimum atomic E-state index is -0.416. The number of imidazole rings is 1. The maximum absolute atomic E-state index is 13.6. The molecule has 0 radical (unpaired) electrons. The van der Waals surface area contributed by atoms with Crippen LogP contribution in [0.2, 0.25) is 5.02 Å². The van der Waals surface area contributed by atoms with Crippen LogP contribution in [0.1, 0.15) is 18.7 Å². The summed E-state index contributed by atoms with van der Waals surface area (Å²) < 4.78 is 15.8. The van der Waals surface area contributed by atoms with Crippen LogP contribution >= 0.6 is 35.0 Å². The summed E-state index contributed by atoms with van der Waals surface area (Å²) in [5.41, 5.74) is 1.59. The second-order valence-corrected chi connectivity index (χ2v) is 7.40. The van der Waals surface area contributed by atoms with Crippen LogP contribution in [0.15, 0.2) is 12.1 Å². The predicted molar refractivity (Wildman–Crippen MR) is 89.2 cm³/mol. The molecule has 0 N–H and O–H groups in total. The van der Waals surface area contributed by atoms with Crippen molar-refractivity contribution in [3.8, 4) is 0 Å². The minimum Gasteiger partial charge on any atom is -0.328 e. The molecule has 0 atom stereocenters. The van der Waals surface area contributed by atoms with Crippen molar-refractivity contribution in [1.29, 1.82) is 0 Å². The van der Waals surface area contributed by atoms with Gasteiger partial charge in [-0.25, -0.2) is 9.37 Å². The SMILES string of the molecule is Fc1cc2nc(CCCl)n(CC3CCSCC3)c2cc1Cl. The van der Waals surface area contributed by atoms with E-state index in [1.165, 1.54) is 30.4 Å². The van der Waals surface area contributed by atoms with Gasteiger partial charge < -0.3 is 4.57 Å². The van der Waals surface area contributed by atoms with Crippen molar-refractivity contribution in [2.45, 2.75) is 25.8 Å². The molecule has 0 unspecified atom stereocenters. The Hall–Kier alpha value is -0.450. The number of nitrogens with zero attached hydrogens (tertiary/aromatic N) is 2. The second-order valence-electron chi connectivity index (χ2n) is 5.39. The Morgan fingerprint density at radius 1 is 1.33 bits per heavy atom. The van der Waals surface area contributed by atoms with Crippen LogP contribution in [-0.4, -0.2) is 26.9 Å². The highest BCUT2D eigenvalue weighted by Crippen LogP contribution is 2.29. The Morgan fingerprint density at radius 2 is 2.10 bits per heavy atom. The number of hydrogen-bond acceptors (Lipinski definition) is 2. The molecular formula is C15H17Cl2FN2S. The van der Waals surface area contributed by atoms with Crippen LogP contribution in [0.5, 0.6) is 0 Å². The number of alkyl halides is 1. The number of fused-ring (bicyclic) bond motifs is 1. The molecule has 1 fully saturated rings. The van der Waals surface area contributed by atoms with E-state index in [4.69, 9.17) is 23.2 Å². The summed E-state index contributed by atoms with van der Waals surface area (Å²) in [5, 5.41) is 0.153. The predicted octanol–water partition coefficient (Wildman–Crippen LogP) is 4.75. The number of aromatic nitrogens is 2. The molecule has 1 aliphatic rings. The van der Waals surface area contributed by atoms with Gasteiger partial charge in [0.25, 0.3) is 0 Å². The molecule has 2 aromatic rings. The van der Waals surface area contributed by atoms with Gasteiger partial charge in [0.15, 0.2) is 0 Å². The molecule has 0 aliphatic carbocycles. The van der Waals surface area contributed by atoms with Gasteiger partial charge in [0.05, 0.1) is 16.1 Å². The highest BCUT2D eigenvalue weighted by atomic mass is 35.5. The van der Waals surface area contributed by atoms with Crippen LogP contribution in [0, 0.1) is 11.7 Å². The van der Waals surface area contributed by atoms with Gasteiger partial charge in [-0.2, -0.15) is 11.8 Å². The van der Waals surface area contributed by atoms with Crippen molar-refractivity contribution in [3.63, 3.8) is 0 Å². The van der Waals surface area contributed by atoms with Gasteiger partial charge in [-0.1, -0.05) is 11.6 Å². The first-order chi connectivity index (χ1) is 10.2. The molecule has 1 aromatic carbocycles. The summed E-state index contributed by atoms with van der Waals surface area (Å²) in [5.74, 6) is 4.12. The van der Waals surface area contributed by atoms with E-state index in [9.17, 15) is 4.39 Å². The lowest BCUT2D eigenvalue weighted by Gasteiger charge is -2.23. The smallest absolute Gasteiger partial charge is 0.144 e. The van der Waals surface area contributed by atoms with Crippen LogP contribution < -0.4 is 0 Å². The minimum absolute atomic E-state index is 0.153. The van der Waals surface area contributed by atoms with E-state index < -0.39 is 5.82 Å². The molecule has 114 valence electrons. The number of benzene rings is 1. The normalized spacial score (nSPS) is 16.7. The Morgan fingerprint density at radius 3 is 2.81 bits per heavy atom. The molecule has 0 spiro atoms. The van der Waals surface area contributed by atoms with Gasteiger partial charge in [-0.05, 0) is 36.3 Å². The zero-order valence-electron chi connectivity index (χ0n) is 11.6. The Bertz CT molecular complexity index is 638. The molecule has 1 aromatic heterocycles. The first-order valence-electron chi connectivity index (χ1n) is 7.17. The Kier molecular flexibility index (Phi) is 4.97. The van der Waals surface area contributed by atoms with Crippen molar-refractivity contribution in [2.24, 2.45) is 5.92 Å². The van der Waals surface area contributed by atoms with Crippen molar-refractivity contribution in [3.05, 3.63) is 28.8 Å². The highest BCUT2D eigenvalue weighted by molar-refractivity contribution is 7.99. The average Bonchev–Trinajstić information content (AvgIpc) is 2.79. The van der Waals surface area contributed by atoms with Gasteiger partial charge in [0, 0.05) is 24.9 Å². The lowest BCUT2D eigenvalue weighted by molar-refractivity contribution is 0.416. The highest BCUT2D eigenvalue weighted by Gasteiger charge is 2.19. The first-order valence-corrected chi connectivity index (χ1v) is 9.23. The van der Waals surface area contributed by atoms with Gasteiger partial charge in [-0.15, -0.1) is 11.6 Å². The number of thioether (sulfide) groups is 1. The third kappa shape index (κ3) is 3.33. The molecule has 1 saturated heterocycles. The van der Waals surface area contributed by atoms with Crippen LogP contribution in [0.4, 0.5) is 4.39 Å². The van der Waals surface area contributed by atoms with Gasteiger partial charge >= 0.3 is 0 Å². The van der Waals surface area contributed by atoms with Crippen molar-refractivity contribution in [1.82, 2.24) is 9.55 Å². The van der Waals surface area contributed by atoms with Crippen LogP contribution in [0.3, 0.4) is 0 Å². The fraction of sp³-hybridized carbons (Fsp3) is 0.533. The van der Waals surface area contributed by atoms with E-state index in [1.807, 2.05) is 11.8 Å². The summed E-state index contributed by atoms with van der Waals surface area (Å²) in [7, 11) is 0. The number of aryl methyl sites for hydroxylation is 1. The van der Waals surface area contributed by atoms with Crippen LogP contribution in [-0.2, 0) is 13.0 Å². The summed E-state index contributed by atoms with van der Waals surface area (Å²) >= 11 is 13.8. The second kappa shape index (κ2) is 6.76. The van der Waals surface area contributed by atoms with E-state index in [1.54, 1.807) is 6.07 Å². The lowest BCUT2D eigenvalue weighted by atomic mass is 10.0. The van der Waals surface area contributed by atoms with E-state index in [-0.39, 0.29) is 5.02 Å². The summed E-state index contributed by atoms with van der Waals surface area (Å²) in [6.07, 6.45) is 3.14. The number of hydrogen-bond donors (Lipinski definition) is 0. The van der Waals surface area contributed by atoms with E-state index in [0.717, 1.165) is 17.9 Å². The first kappa shape index (κ1) is 15.4. The lowest BCUT2D eigenvalue weighted by Crippen LogP contribution is -2.18. The fourth-order valence-electron chi connectivity index (χ4n) is 2.84. The average molecular weight is 347 g/mol. The zero-order valence-corrected chi connectivity index (χ0v) is 13.9. The molecule has 0 saturated carbocycles. The van der Waals surface area contributed by atoms with Crippen molar-refractivity contribution >= 4 is 46.0 Å². The molecule has 0 bridgehead atoms. The number of rotatable bonds is 4. The van der Waals surface area contributed by atoms with Gasteiger partial charge in [-0.3, -0.25) is 0 Å². The molecule has 21 heavy (non-hydrogen) atoms. The van der Waals surface area contributed by atoms with E-state index in [2.05, 4.69) is 9.55 Å². The summed E-state index contributed by atoms with van der Waals surface area (Å²) in [6.45, 7) is 0.922. The van der Waals surface area contributed by atoms with E-state index >= 15 is 0 Å². The fourth-order valence-corrected chi connectivity index (χ4v) is 4.37.